The van der Waals surface area contributed by atoms with Crippen LogP contribution >= 0.6 is 22.6 Å². The molecule has 2 aromatic rings. The lowest BCUT2D eigenvalue weighted by Gasteiger charge is -2.20. The Balaban J connectivity index is 2.42. The zero-order valence-electron chi connectivity index (χ0n) is 11.6. The number of nitrogens with one attached hydrogen (secondary N) is 1. The fourth-order valence-electron chi connectivity index (χ4n) is 2.19. The summed E-state index contributed by atoms with van der Waals surface area (Å²) in [5, 5.41) is 11.6. The summed E-state index contributed by atoms with van der Waals surface area (Å²) in [6.07, 6.45) is 2.78. The molecule has 1 heterocycles. The lowest BCUT2D eigenvalue weighted by molar-refractivity contribution is 0.510. The maximum absolute atomic E-state index is 13.3. The molecule has 1 unspecified atom stereocenters. The predicted molar refractivity (Wildman–Crippen MR) is 84.9 cm³/mol. The second-order valence-electron chi connectivity index (χ2n) is 4.54. The molecule has 1 aromatic heterocycles. The van der Waals surface area contributed by atoms with Gasteiger partial charge in [0.1, 0.15) is 5.82 Å². The molecule has 0 saturated carbocycles. The fraction of sp³-hybridized carbons (Fsp3) is 0.429. The number of halogens is 2. The molecule has 4 nitrogen and oxygen atoms in total. The first kappa shape index (κ1) is 15.4. The van der Waals surface area contributed by atoms with Crippen molar-refractivity contribution in [3.63, 3.8) is 0 Å². The second-order valence-corrected chi connectivity index (χ2v) is 5.70. The maximum atomic E-state index is 13.3. The van der Waals surface area contributed by atoms with Crippen LogP contribution in [-0.2, 0) is 6.54 Å². The van der Waals surface area contributed by atoms with E-state index in [0.29, 0.717) is 0 Å². The van der Waals surface area contributed by atoms with E-state index in [-0.39, 0.29) is 11.9 Å². The molecule has 6 heteroatoms. The number of hydrogen-bond donors (Lipinski definition) is 1. The summed E-state index contributed by atoms with van der Waals surface area (Å²) in [7, 11) is 0. The van der Waals surface area contributed by atoms with Gasteiger partial charge >= 0.3 is 0 Å². The Morgan fingerprint density at radius 1 is 1.40 bits per heavy atom. The van der Waals surface area contributed by atoms with Gasteiger partial charge in [-0.25, -0.2) is 9.07 Å². The van der Waals surface area contributed by atoms with Gasteiger partial charge in [0.15, 0.2) is 0 Å². The van der Waals surface area contributed by atoms with E-state index in [1.807, 2.05) is 10.7 Å². The molecule has 1 N–H and O–H groups in total. The van der Waals surface area contributed by atoms with Crippen molar-refractivity contribution >= 4 is 22.6 Å². The smallest absolute Gasteiger partial charge is 0.124 e. The van der Waals surface area contributed by atoms with Gasteiger partial charge in [0.2, 0.25) is 0 Å². The number of nitrogens with zero attached hydrogens (tertiary/aromatic N) is 3. The van der Waals surface area contributed by atoms with Crippen LogP contribution in [0.25, 0.3) is 0 Å². The number of hydrogen-bond acceptors (Lipinski definition) is 3. The largest absolute Gasteiger partial charge is 0.305 e. The molecule has 0 amide bonds. The van der Waals surface area contributed by atoms with E-state index in [2.05, 4.69) is 52.1 Å². The minimum Gasteiger partial charge on any atom is -0.305 e. The van der Waals surface area contributed by atoms with Gasteiger partial charge in [0.05, 0.1) is 17.9 Å². The van der Waals surface area contributed by atoms with E-state index < -0.39 is 0 Å². The number of rotatable bonds is 6. The summed E-state index contributed by atoms with van der Waals surface area (Å²) in [6.45, 7) is 5.80. The third-order valence-corrected chi connectivity index (χ3v) is 3.99. The van der Waals surface area contributed by atoms with Crippen LogP contribution in [0.1, 0.15) is 37.6 Å². The van der Waals surface area contributed by atoms with Gasteiger partial charge in [-0.15, -0.1) is 5.10 Å². The highest BCUT2D eigenvalue weighted by Gasteiger charge is 2.20. The number of aryl methyl sites for hydroxylation is 1. The van der Waals surface area contributed by atoms with Crippen LogP contribution in [0, 0.1) is 9.39 Å². The van der Waals surface area contributed by atoms with Gasteiger partial charge in [-0.1, -0.05) is 25.1 Å². The average molecular weight is 388 g/mol. The lowest BCUT2D eigenvalue weighted by Crippen LogP contribution is -2.25. The van der Waals surface area contributed by atoms with Crippen molar-refractivity contribution < 1.29 is 4.39 Å². The Morgan fingerprint density at radius 3 is 2.85 bits per heavy atom. The Kier molecular flexibility index (Phi) is 5.47. The van der Waals surface area contributed by atoms with Crippen LogP contribution in [0.5, 0.6) is 0 Å². The lowest BCUT2D eigenvalue weighted by atomic mass is 10.0. The normalized spacial score (nSPS) is 12.6. The van der Waals surface area contributed by atoms with Crippen molar-refractivity contribution in [2.75, 3.05) is 6.54 Å². The van der Waals surface area contributed by atoms with E-state index in [1.165, 1.54) is 6.07 Å². The molecule has 20 heavy (non-hydrogen) atoms. The molecule has 0 spiro atoms. The van der Waals surface area contributed by atoms with Crippen molar-refractivity contribution in [2.24, 2.45) is 0 Å². The van der Waals surface area contributed by atoms with Gasteiger partial charge < -0.3 is 5.32 Å². The van der Waals surface area contributed by atoms with Gasteiger partial charge in [-0.05, 0) is 53.3 Å². The predicted octanol–water partition coefficient (Wildman–Crippen LogP) is 3.13. The van der Waals surface area contributed by atoms with Gasteiger partial charge in [-0.2, -0.15) is 0 Å². The highest BCUT2D eigenvalue weighted by Crippen LogP contribution is 2.26. The van der Waals surface area contributed by atoms with E-state index in [9.17, 15) is 4.39 Å². The molecule has 1 aromatic carbocycles. The zero-order valence-corrected chi connectivity index (χ0v) is 13.8. The quantitative estimate of drug-likeness (QED) is 0.774. The molecule has 0 aliphatic carbocycles. The molecule has 0 saturated heterocycles. The molecule has 0 fully saturated rings. The summed E-state index contributed by atoms with van der Waals surface area (Å²) in [5.41, 5.74) is 2.06. The van der Waals surface area contributed by atoms with E-state index in [1.54, 1.807) is 12.3 Å². The highest BCUT2D eigenvalue weighted by molar-refractivity contribution is 14.1. The van der Waals surface area contributed by atoms with Crippen molar-refractivity contribution in [3.05, 3.63) is 45.0 Å². The topological polar surface area (TPSA) is 42.7 Å². The Morgan fingerprint density at radius 2 is 2.20 bits per heavy atom. The minimum absolute atomic E-state index is 0.0194. The molecule has 108 valence electrons. The van der Waals surface area contributed by atoms with E-state index in [0.717, 1.165) is 34.3 Å². The molecule has 0 bridgehead atoms. The zero-order chi connectivity index (χ0) is 14.5. The summed E-state index contributed by atoms with van der Waals surface area (Å²) < 4.78 is 16.1. The summed E-state index contributed by atoms with van der Waals surface area (Å²) >= 11 is 2.17. The van der Waals surface area contributed by atoms with Crippen LogP contribution in [0.2, 0.25) is 0 Å². The molecule has 1 atom stereocenters. The SMILES string of the molecule is CCCn1nncc1C(NCC)c1ccc(F)cc1I. The standard InChI is InChI=1S/C14H18FIN4/c1-3-7-20-13(9-18-19-20)14(17-4-2)11-6-5-10(15)8-12(11)16/h5-6,8-9,14,17H,3-4,7H2,1-2H3. The fourth-order valence-corrected chi connectivity index (χ4v) is 2.98. The van der Waals surface area contributed by atoms with Crippen molar-refractivity contribution in [1.29, 1.82) is 0 Å². The molecular weight excluding hydrogens is 370 g/mol. The first-order valence-corrected chi connectivity index (χ1v) is 7.82. The van der Waals surface area contributed by atoms with Crippen LogP contribution in [0.15, 0.2) is 24.4 Å². The van der Waals surface area contributed by atoms with Gasteiger partial charge in [-0.3, -0.25) is 0 Å². The highest BCUT2D eigenvalue weighted by atomic mass is 127. The van der Waals surface area contributed by atoms with E-state index in [4.69, 9.17) is 0 Å². The van der Waals surface area contributed by atoms with Gasteiger partial charge in [0.25, 0.3) is 0 Å². The van der Waals surface area contributed by atoms with E-state index >= 15 is 0 Å². The second kappa shape index (κ2) is 7.12. The van der Waals surface area contributed by atoms with Crippen LogP contribution < -0.4 is 5.32 Å². The summed E-state index contributed by atoms with van der Waals surface area (Å²) in [6, 6.07) is 4.85. The maximum Gasteiger partial charge on any atom is 0.124 e. The molecule has 0 radical (unpaired) electrons. The van der Waals surface area contributed by atoms with Crippen LogP contribution in [0.3, 0.4) is 0 Å². The summed E-state index contributed by atoms with van der Waals surface area (Å²) in [5.74, 6) is -0.214. The monoisotopic (exact) mass is 388 g/mol. The number of aromatic nitrogens is 3. The molecule has 2 rings (SSSR count). The first-order valence-electron chi connectivity index (χ1n) is 6.74. The van der Waals surface area contributed by atoms with Gasteiger partial charge in [0, 0.05) is 10.1 Å². The first-order chi connectivity index (χ1) is 9.67. The molecule has 0 aliphatic heterocycles. The Bertz CT molecular complexity index is 570. The van der Waals surface area contributed by atoms with Crippen molar-refractivity contribution in [2.45, 2.75) is 32.9 Å². The van der Waals surface area contributed by atoms with Crippen LogP contribution in [-0.4, -0.2) is 21.5 Å². The Hall–Kier alpha value is -1.02. The molecule has 0 aliphatic rings. The van der Waals surface area contributed by atoms with Crippen LogP contribution in [0.4, 0.5) is 4.39 Å². The minimum atomic E-state index is -0.214. The third kappa shape index (κ3) is 3.35. The average Bonchev–Trinajstić information content (AvgIpc) is 2.85. The third-order valence-electron chi connectivity index (χ3n) is 3.06. The Labute approximate surface area is 131 Å². The molecular formula is C14H18FIN4. The van der Waals surface area contributed by atoms with Crippen molar-refractivity contribution in [1.82, 2.24) is 20.3 Å². The number of benzene rings is 1. The van der Waals surface area contributed by atoms with Crippen molar-refractivity contribution in [3.8, 4) is 0 Å². The summed E-state index contributed by atoms with van der Waals surface area (Å²) in [4.78, 5) is 0.